The van der Waals surface area contributed by atoms with Gasteiger partial charge in [0.1, 0.15) is 22.9 Å². The Morgan fingerprint density at radius 2 is 1.82 bits per heavy atom. The summed E-state index contributed by atoms with van der Waals surface area (Å²) in [6.45, 7) is 5.65. The summed E-state index contributed by atoms with van der Waals surface area (Å²) in [7, 11) is 0. The predicted molar refractivity (Wildman–Crippen MR) is 135 cm³/mol. The Labute approximate surface area is 205 Å². The molecule has 7 heteroatoms. The van der Waals surface area contributed by atoms with E-state index < -0.39 is 0 Å². The molecule has 1 amide bonds. The number of aromatic amines is 1. The molecule has 180 valence electrons. The molecule has 34 heavy (non-hydrogen) atoms. The average molecular weight is 482 g/mol. The van der Waals surface area contributed by atoms with Gasteiger partial charge in [0.25, 0.3) is 5.91 Å². The van der Waals surface area contributed by atoms with Crippen LogP contribution in [0.15, 0.2) is 42.5 Å². The third kappa shape index (κ3) is 4.92. The lowest BCUT2D eigenvalue weighted by Gasteiger charge is -2.26. The molecular weight excluding hydrogens is 450 g/mol. The second kappa shape index (κ2) is 11.0. The van der Waals surface area contributed by atoms with Gasteiger partial charge < -0.3 is 14.7 Å². The number of rotatable bonds is 11. The number of carbonyl (C=O) groups is 1. The number of phenols is 1. The van der Waals surface area contributed by atoms with Gasteiger partial charge in [-0.25, -0.2) is 0 Å². The standard InChI is InChI=1S/C27H32ClN3O3/c1-3-5-7-8-16-34-20-12-9-18(10-13-20)26-23-24(21-17-19(28)11-14-22(21)32)29-30-25(23)27(33)31(26)15-6-4-2/h9-14,17,26,32H,3-8,15-16H2,1-2H3,(H,29,30). The van der Waals surface area contributed by atoms with Gasteiger partial charge in [-0.2, -0.15) is 5.10 Å². The van der Waals surface area contributed by atoms with Crippen LogP contribution in [0, 0.1) is 0 Å². The van der Waals surface area contributed by atoms with E-state index >= 15 is 0 Å². The molecule has 2 aromatic carbocycles. The number of phenolic OH excluding ortho intramolecular Hbond substituents is 1. The molecule has 0 aliphatic carbocycles. The number of H-pyrrole nitrogens is 1. The van der Waals surface area contributed by atoms with Crippen molar-refractivity contribution >= 4 is 17.5 Å². The Kier molecular flexibility index (Phi) is 7.78. The Hall–Kier alpha value is -2.99. The van der Waals surface area contributed by atoms with Gasteiger partial charge in [0, 0.05) is 22.7 Å². The molecule has 0 saturated carbocycles. The summed E-state index contributed by atoms with van der Waals surface area (Å²) >= 11 is 6.21. The summed E-state index contributed by atoms with van der Waals surface area (Å²) in [5.74, 6) is 0.818. The van der Waals surface area contributed by atoms with Crippen LogP contribution in [-0.4, -0.2) is 39.3 Å². The van der Waals surface area contributed by atoms with Gasteiger partial charge in [0.05, 0.1) is 12.6 Å². The van der Waals surface area contributed by atoms with Gasteiger partial charge in [-0.05, 0) is 48.7 Å². The molecule has 1 unspecified atom stereocenters. The number of hydrogen-bond acceptors (Lipinski definition) is 4. The molecule has 2 heterocycles. The molecule has 0 bridgehead atoms. The summed E-state index contributed by atoms with van der Waals surface area (Å²) in [5, 5.41) is 18.3. The minimum atomic E-state index is -0.306. The quantitative estimate of drug-likeness (QED) is 0.297. The van der Waals surface area contributed by atoms with Crippen LogP contribution in [0.4, 0.5) is 0 Å². The molecule has 3 aromatic rings. The monoisotopic (exact) mass is 481 g/mol. The number of aromatic hydroxyl groups is 1. The molecule has 1 atom stereocenters. The Morgan fingerprint density at radius 1 is 1.06 bits per heavy atom. The first-order valence-corrected chi connectivity index (χ1v) is 12.5. The Balaban J connectivity index is 1.66. The minimum Gasteiger partial charge on any atom is -0.507 e. The van der Waals surface area contributed by atoms with Crippen LogP contribution >= 0.6 is 11.6 Å². The number of fused-ring (bicyclic) bond motifs is 1. The van der Waals surface area contributed by atoms with Crippen LogP contribution in [0.25, 0.3) is 11.3 Å². The molecular formula is C27H32ClN3O3. The van der Waals surface area contributed by atoms with Crippen LogP contribution in [0.5, 0.6) is 11.5 Å². The highest BCUT2D eigenvalue weighted by Gasteiger charge is 2.42. The second-order valence-electron chi connectivity index (χ2n) is 8.76. The van der Waals surface area contributed by atoms with Crippen molar-refractivity contribution in [1.82, 2.24) is 15.1 Å². The lowest BCUT2D eigenvalue weighted by molar-refractivity contribution is 0.0741. The van der Waals surface area contributed by atoms with Crippen molar-refractivity contribution in [3.63, 3.8) is 0 Å². The van der Waals surface area contributed by atoms with Gasteiger partial charge in [0.15, 0.2) is 0 Å². The Morgan fingerprint density at radius 3 is 2.56 bits per heavy atom. The first kappa shape index (κ1) is 24.1. The first-order valence-electron chi connectivity index (χ1n) is 12.2. The fourth-order valence-electron chi connectivity index (χ4n) is 4.47. The van der Waals surface area contributed by atoms with E-state index in [1.807, 2.05) is 29.2 Å². The predicted octanol–water partition coefficient (Wildman–Crippen LogP) is 6.74. The first-order chi connectivity index (χ1) is 16.5. The molecule has 1 aliphatic heterocycles. The van der Waals surface area contributed by atoms with Crippen molar-refractivity contribution in [3.8, 4) is 22.8 Å². The largest absolute Gasteiger partial charge is 0.507 e. The van der Waals surface area contributed by atoms with Crippen molar-refractivity contribution in [3.05, 3.63) is 64.3 Å². The molecule has 0 fully saturated rings. The van der Waals surface area contributed by atoms with Crippen LogP contribution in [0.2, 0.25) is 5.02 Å². The fraction of sp³-hybridized carbons (Fsp3) is 0.407. The number of nitrogens with one attached hydrogen (secondary N) is 1. The van der Waals surface area contributed by atoms with E-state index in [0.717, 1.165) is 36.1 Å². The summed E-state index contributed by atoms with van der Waals surface area (Å²) in [6.07, 6.45) is 6.53. The van der Waals surface area contributed by atoms with Crippen molar-refractivity contribution < 1.29 is 14.6 Å². The summed E-state index contributed by atoms with van der Waals surface area (Å²) in [5.41, 5.74) is 3.26. The van der Waals surface area contributed by atoms with Crippen LogP contribution in [0.1, 0.15) is 80.0 Å². The number of carbonyl (C=O) groups excluding carboxylic acids is 1. The highest BCUT2D eigenvalue weighted by Crippen LogP contribution is 2.45. The summed E-state index contributed by atoms with van der Waals surface area (Å²) < 4.78 is 5.91. The number of nitrogens with zero attached hydrogens (tertiary/aromatic N) is 2. The van der Waals surface area contributed by atoms with Crippen molar-refractivity contribution in [1.29, 1.82) is 0 Å². The highest BCUT2D eigenvalue weighted by molar-refractivity contribution is 6.31. The number of amides is 1. The topological polar surface area (TPSA) is 78.5 Å². The molecule has 6 nitrogen and oxygen atoms in total. The maximum Gasteiger partial charge on any atom is 0.273 e. The van der Waals surface area contributed by atoms with Crippen LogP contribution < -0.4 is 4.74 Å². The molecule has 0 radical (unpaired) electrons. The highest BCUT2D eigenvalue weighted by atomic mass is 35.5. The van der Waals surface area contributed by atoms with Gasteiger partial charge in [-0.3, -0.25) is 9.89 Å². The van der Waals surface area contributed by atoms with Crippen molar-refractivity contribution in [2.24, 2.45) is 0 Å². The number of unbranched alkanes of at least 4 members (excludes halogenated alkanes) is 4. The van der Waals surface area contributed by atoms with E-state index in [-0.39, 0.29) is 17.7 Å². The smallest absolute Gasteiger partial charge is 0.273 e. The third-order valence-corrected chi connectivity index (χ3v) is 6.53. The normalized spacial score (nSPS) is 15.1. The van der Waals surface area contributed by atoms with Gasteiger partial charge in [0.2, 0.25) is 0 Å². The number of benzene rings is 2. The third-order valence-electron chi connectivity index (χ3n) is 6.29. The van der Waals surface area contributed by atoms with Gasteiger partial charge >= 0.3 is 0 Å². The van der Waals surface area contributed by atoms with E-state index in [4.69, 9.17) is 16.3 Å². The zero-order valence-electron chi connectivity index (χ0n) is 19.8. The van der Waals surface area contributed by atoms with E-state index in [2.05, 4.69) is 24.0 Å². The van der Waals surface area contributed by atoms with E-state index in [0.29, 0.717) is 35.1 Å². The molecule has 0 spiro atoms. The SMILES string of the molecule is CCCCCCOc1ccc(C2c3c(-c4cc(Cl)ccc4O)n[nH]c3C(=O)N2CCCC)cc1. The lowest BCUT2D eigenvalue weighted by atomic mass is 9.95. The molecule has 4 rings (SSSR count). The number of ether oxygens (including phenoxy) is 1. The van der Waals surface area contributed by atoms with E-state index in [1.54, 1.807) is 18.2 Å². The fourth-order valence-corrected chi connectivity index (χ4v) is 4.64. The zero-order chi connectivity index (χ0) is 24.1. The second-order valence-corrected chi connectivity index (χ2v) is 9.19. The maximum atomic E-state index is 13.3. The molecule has 1 aliphatic rings. The average Bonchev–Trinajstić information content (AvgIpc) is 3.38. The number of halogens is 1. The Bertz CT molecular complexity index is 1130. The molecule has 1 aromatic heterocycles. The van der Waals surface area contributed by atoms with Crippen molar-refractivity contribution in [2.45, 2.75) is 58.4 Å². The summed E-state index contributed by atoms with van der Waals surface area (Å²) in [4.78, 5) is 15.2. The van der Waals surface area contributed by atoms with Crippen molar-refractivity contribution in [2.75, 3.05) is 13.2 Å². The number of aromatic nitrogens is 2. The lowest BCUT2D eigenvalue weighted by Crippen LogP contribution is -2.30. The van der Waals surface area contributed by atoms with Crippen LogP contribution in [-0.2, 0) is 0 Å². The van der Waals surface area contributed by atoms with Gasteiger partial charge in [-0.15, -0.1) is 0 Å². The van der Waals surface area contributed by atoms with E-state index in [1.165, 1.54) is 19.3 Å². The van der Waals surface area contributed by atoms with Crippen LogP contribution in [0.3, 0.4) is 0 Å². The molecule has 0 saturated heterocycles. The van der Waals surface area contributed by atoms with Gasteiger partial charge in [-0.1, -0.05) is 63.3 Å². The summed E-state index contributed by atoms with van der Waals surface area (Å²) in [6, 6.07) is 12.5. The maximum absolute atomic E-state index is 13.3. The number of hydrogen-bond donors (Lipinski definition) is 2. The zero-order valence-corrected chi connectivity index (χ0v) is 20.6. The molecule has 2 N–H and O–H groups in total. The van der Waals surface area contributed by atoms with E-state index in [9.17, 15) is 9.90 Å². The minimum absolute atomic E-state index is 0.0729.